The van der Waals surface area contributed by atoms with Gasteiger partial charge in [0.2, 0.25) is 0 Å². The minimum absolute atomic E-state index is 0.0344. The zero-order valence-electron chi connectivity index (χ0n) is 20.6. The van der Waals surface area contributed by atoms with Crippen molar-refractivity contribution in [2.45, 2.75) is 104 Å². The third-order valence-electron chi connectivity index (χ3n) is 8.85. The maximum atomic E-state index is 11.1. The maximum Gasteiger partial charge on any atom is 0.0812 e. The van der Waals surface area contributed by atoms with Gasteiger partial charge in [0.1, 0.15) is 0 Å². The summed E-state index contributed by atoms with van der Waals surface area (Å²) in [6.45, 7) is 9.88. The highest BCUT2D eigenvalue weighted by Gasteiger charge is 2.46. The predicted octanol–water partition coefficient (Wildman–Crippen LogP) is 5.55. The summed E-state index contributed by atoms with van der Waals surface area (Å²) in [7, 11) is 0. The topological polar surface area (TPSA) is 62.1 Å². The van der Waals surface area contributed by atoms with Gasteiger partial charge in [-0.3, -0.25) is 4.99 Å². The zero-order valence-corrected chi connectivity index (χ0v) is 20.6. The number of rotatable bonds is 1. The molecule has 0 aromatic carbocycles. The summed E-state index contributed by atoms with van der Waals surface area (Å²) in [5.74, 6) is 0.749. The molecule has 1 saturated heterocycles. The van der Waals surface area contributed by atoms with E-state index in [2.05, 4.69) is 39.8 Å². The van der Waals surface area contributed by atoms with Gasteiger partial charge in [0.15, 0.2) is 0 Å². The van der Waals surface area contributed by atoms with Crippen molar-refractivity contribution < 1.29 is 14.9 Å². The Morgan fingerprint density at radius 3 is 2.72 bits per heavy atom. The van der Waals surface area contributed by atoms with Gasteiger partial charge in [-0.1, -0.05) is 24.6 Å². The first-order chi connectivity index (χ1) is 15.4. The molecule has 32 heavy (non-hydrogen) atoms. The Labute approximate surface area is 194 Å². The van der Waals surface area contributed by atoms with Crippen LogP contribution in [-0.4, -0.2) is 47.4 Å². The molecule has 0 aromatic heterocycles. The second-order valence-electron chi connectivity index (χ2n) is 10.9. The Kier molecular flexibility index (Phi) is 7.43. The molecule has 178 valence electrons. The Morgan fingerprint density at radius 1 is 1.12 bits per heavy atom. The van der Waals surface area contributed by atoms with Gasteiger partial charge in [0, 0.05) is 23.6 Å². The number of aliphatic hydroxyl groups is 2. The van der Waals surface area contributed by atoms with E-state index in [0.29, 0.717) is 5.92 Å². The molecule has 0 amide bonds. The number of ether oxygens (including phenoxy) is 1. The minimum Gasteiger partial charge on any atom is -0.392 e. The molecule has 0 saturated carbocycles. The lowest BCUT2D eigenvalue weighted by molar-refractivity contribution is 0.0444. The second kappa shape index (κ2) is 9.95. The normalized spacial score (nSPS) is 39.2. The fourth-order valence-corrected chi connectivity index (χ4v) is 6.87. The third-order valence-corrected chi connectivity index (χ3v) is 8.85. The number of hydrogen-bond donors (Lipinski definition) is 2. The molecule has 4 rings (SSSR count). The molecule has 3 aliphatic heterocycles. The van der Waals surface area contributed by atoms with Gasteiger partial charge in [-0.2, -0.15) is 0 Å². The Hall–Kier alpha value is -1.23. The largest absolute Gasteiger partial charge is 0.392 e. The number of fused-ring (bicyclic) bond motifs is 2. The first kappa shape index (κ1) is 23.9. The molecular formula is C28H43NO3. The molecule has 4 heteroatoms. The van der Waals surface area contributed by atoms with Gasteiger partial charge in [0.05, 0.1) is 24.9 Å². The molecule has 1 aliphatic carbocycles. The second-order valence-corrected chi connectivity index (χ2v) is 10.9. The van der Waals surface area contributed by atoms with E-state index in [1.807, 2.05) is 0 Å². The van der Waals surface area contributed by atoms with E-state index in [4.69, 9.17) is 9.73 Å². The van der Waals surface area contributed by atoms with E-state index in [0.717, 1.165) is 69.9 Å². The molecular weight excluding hydrogens is 398 g/mol. The molecule has 1 fully saturated rings. The Bertz CT molecular complexity index is 823. The van der Waals surface area contributed by atoms with Crippen LogP contribution in [0.25, 0.3) is 0 Å². The fraction of sp³-hybridized carbons (Fsp3) is 0.750. The summed E-state index contributed by atoms with van der Waals surface area (Å²) in [5, 5.41) is 21.1. The van der Waals surface area contributed by atoms with Crippen LogP contribution in [-0.2, 0) is 4.74 Å². The molecule has 4 nitrogen and oxygen atoms in total. The van der Waals surface area contributed by atoms with Crippen LogP contribution < -0.4 is 0 Å². The predicted molar refractivity (Wildman–Crippen MR) is 131 cm³/mol. The van der Waals surface area contributed by atoms with Crippen molar-refractivity contribution in [3.8, 4) is 0 Å². The summed E-state index contributed by atoms with van der Waals surface area (Å²) in [5.41, 5.74) is 6.29. The number of aliphatic hydroxyl groups excluding tert-OH is 2. The number of nitrogens with zero attached hydrogens (tertiary/aromatic N) is 1. The van der Waals surface area contributed by atoms with Crippen molar-refractivity contribution in [2.75, 3.05) is 13.2 Å². The first-order valence-electron chi connectivity index (χ1n) is 12.9. The van der Waals surface area contributed by atoms with Crippen molar-refractivity contribution in [3.63, 3.8) is 0 Å². The van der Waals surface area contributed by atoms with Crippen molar-refractivity contribution in [1.29, 1.82) is 0 Å². The van der Waals surface area contributed by atoms with E-state index in [-0.39, 0.29) is 30.1 Å². The SMILES string of the molecule is CC1=C[C@H]2C(C)=C(CO)CC[C@@]23CCCN=C3CCC=C(C)[C@@H]2O[C@H](CC[C@@H]1O)C[C@H]2C. The summed E-state index contributed by atoms with van der Waals surface area (Å²) in [4.78, 5) is 5.11. The highest BCUT2D eigenvalue weighted by molar-refractivity contribution is 5.92. The van der Waals surface area contributed by atoms with Crippen LogP contribution in [0.3, 0.4) is 0 Å². The van der Waals surface area contributed by atoms with Gasteiger partial charge < -0.3 is 14.9 Å². The minimum atomic E-state index is -0.442. The summed E-state index contributed by atoms with van der Waals surface area (Å²) in [6, 6.07) is 0. The lowest BCUT2D eigenvalue weighted by atomic mass is 9.58. The summed E-state index contributed by atoms with van der Waals surface area (Å²) in [6.07, 6.45) is 13.7. The maximum absolute atomic E-state index is 11.1. The quantitative estimate of drug-likeness (QED) is 0.525. The molecule has 2 N–H and O–H groups in total. The molecule has 0 radical (unpaired) electrons. The van der Waals surface area contributed by atoms with Crippen molar-refractivity contribution >= 4 is 5.71 Å². The summed E-state index contributed by atoms with van der Waals surface area (Å²) >= 11 is 0. The van der Waals surface area contributed by atoms with Gasteiger partial charge >= 0.3 is 0 Å². The first-order valence-corrected chi connectivity index (χ1v) is 12.9. The van der Waals surface area contributed by atoms with Crippen LogP contribution in [0.4, 0.5) is 0 Å². The van der Waals surface area contributed by atoms with Gasteiger partial charge in [-0.25, -0.2) is 0 Å². The van der Waals surface area contributed by atoms with Crippen LogP contribution in [0, 0.1) is 17.3 Å². The lowest BCUT2D eigenvalue weighted by Crippen LogP contribution is -2.44. The molecule has 4 aliphatic rings. The molecule has 0 unspecified atom stereocenters. The summed E-state index contributed by atoms with van der Waals surface area (Å²) < 4.78 is 6.43. The smallest absolute Gasteiger partial charge is 0.0812 e. The molecule has 3 heterocycles. The highest BCUT2D eigenvalue weighted by atomic mass is 16.5. The van der Waals surface area contributed by atoms with Gasteiger partial charge in [-0.05, 0) is 101 Å². The average Bonchev–Trinajstić information content (AvgIpc) is 3.16. The van der Waals surface area contributed by atoms with Crippen molar-refractivity contribution in [3.05, 3.63) is 34.4 Å². The van der Waals surface area contributed by atoms with Crippen LogP contribution in [0.15, 0.2) is 39.4 Å². The van der Waals surface area contributed by atoms with Crippen LogP contribution in [0.2, 0.25) is 0 Å². The van der Waals surface area contributed by atoms with E-state index >= 15 is 0 Å². The molecule has 1 spiro atoms. The molecule has 6 atom stereocenters. The van der Waals surface area contributed by atoms with Crippen molar-refractivity contribution in [2.24, 2.45) is 22.2 Å². The van der Waals surface area contributed by atoms with E-state index < -0.39 is 6.10 Å². The van der Waals surface area contributed by atoms with Crippen LogP contribution >= 0.6 is 0 Å². The van der Waals surface area contributed by atoms with Crippen LogP contribution in [0.1, 0.15) is 85.5 Å². The number of hydrogen-bond acceptors (Lipinski definition) is 4. The average molecular weight is 442 g/mol. The molecule has 0 aromatic rings. The van der Waals surface area contributed by atoms with Gasteiger partial charge in [-0.15, -0.1) is 0 Å². The standard InChI is InChI=1S/C28H43NO3/c1-18-7-5-8-26-28(12-6-14-29-26)13-11-22(17-30)21(4)24(28)16-19(2)25(31)10-9-23-15-20(3)27(18)32-23/h7,16,20,23-25,27,30-31H,5-6,8-15,17H2,1-4H3/t20-,23-,24+,25+,27+,28+/m1/s1. The highest BCUT2D eigenvalue weighted by Crippen LogP contribution is 2.51. The van der Waals surface area contributed by atoms with E-state index in [9.17, 15) is 10.2 Å². The third kappa shape index (κ3) is 4.56. The fourth-order valence-electron chi connectivity index (χ4n) is 6.87. The van der Waals surface area contributed by atoms with E-state index in [1.54, 1.807) is 0 Å². The number of aliphatic imine (C=N–C) groups is 1. The zero-order chi connectivity index (χ0) is 22.9. The lowest BCUT2D eigenvalue weighted by Gasteiger charge is -2.47. The monoisotopic (exact) mass is 441 g/mol. The molecule has 2 bridgehead atoms. The Morgan fingerprint density at radius 2 is 1.94 bits per heavy atom. The van der Waals surface area contributed by atoms with Crippen LogP contribution in [0.5, 0.6) is 0 Å². The Balaban J connectivity index is 1.74. The van der Waals surface area contributed by atoms with Gasteiger partial charge in [0.25, 0.3) is 0 Å². The number of allylic oxidation sites excluding steroid dienone is 3. The van der Waals surface area contributed by atoms with E-state index in [1.165, 1.54) is 22.4 Å². The van der Waals surface area contributed by atoms with Crippen molar-refractivity contribution in [1.82, 2.24) is 0 Å².